The van der Waals surface area contributed by atoms with Crippen LogP contribution in [-0.4, -0.2) is 35.5 Å². The molecule has 0 aromatic carbocycles. The summed E-state index contributed by atoms with van der Waals surface area (Å²) in [6, 6.07) is 1.99. The Kier molecular flexibility index (Phi) is 4.43. The van der Waals surface area contributed by atoms with E-state index >= 15 is 0 Å². The zero-order valence-electron chi connectivity index (χ0n) is 13.9. The average Bonchev–Trinajstić information content (AvgIpc) is 3.29. The van der Waals surface area contributed by atoms with Gasteiger partial charge in [0.2, 0.25) is 5.91 Å². The summed E-state index contributed by atoms with van der Waals surface area (Å²) < 4.78 is 0. The lowest BCUT2D eigenvalue weighted by atomic mass is 9.88. The first-order chi connectivity index (χ1) is 10.8. The number of carbonyl (C=O) groups is 1. The van der Waals surface area contributed by atoms with Gasteiger partial charge in [-0.25, -0.2) is 0 Å². The summed E-state index contributed by atoms with van der Waals surface area (Å²) in [6.07, 6.45) is 15.3. The maximum Gasteiger partial charge on any atom is 0.223 e. The first-order valence-corrected chi connectivity index (χ1v) is 9.83. The van der Waals surface area contributed by atoms with Crippen LogP contribution in [0.4, 0.5) is 0 Å². The molecule has 2 heterocycles. The number of hydrogen-bond donors (Lipinski definition) is 1. The lowest BCUT2D eigenvalue weighted by molar-refractivity contribution is -0.135. The standard InChI is InChI=1S/C19H32N2O/c22-19(12-15-10-16-8-9-17(11-15)20-16)21(13-14-6-7-14)18-4-2-1-3-5-18/h14-18,20H,1-13H2. The molecular weight excluding hydrogens is 272 g/mol. The molecule has 2 aliphatic heterocycles. The van der Waals surface area contributed by atoms with Crippen molar-refractivity contribution < 1.29 is 4.79 Å². The highest BCUT2D eigenvalue weighted by Crippen LogP contribution is 2.36. The van der Waals surface area contributed by atoms with E-state index in [0.29, 0.717) is 30.0 Å². The van der Waals surface area contributed by atoms with Crippen LogP contribution in [-0.2, 0) is 4.79 Å². The fourth-order valence-corrected chi connectivity index (χ4v) is 5.13. The van der Waals surface area contributed by atoms with Crippen molar-refractivity contribution in [1.82, 2.24) is 10.2 Å². The van der Waals surface area contributed by atoms with Crippen LogP contribution < -0.4 is 5.32 Å². The van der Waals surface area contributed by atoms with Gasteiger partial charge >= 0.3 is 0 Å². The van der Waals surface area contributed by atoms with Gasteiger partial charge < -0.3 is 10.2 Å². The maximum absolute atomic E-state index is 13.0. The number of carbonyl (C=O) groups excluding carboxylic acids is 1. The molecule has 0 aromatic rings. The summed E-state index contributed by atoms with van der Waals surface area (Å²) in [4.78, 5) is 15.3. The molecule has 2 atom stereocenters. The van der Waals surface area contributed by atoms with Gasteiger partial charge in [0, 0.05) is 31.1 Å². The number of hydrogen-bond acceptors (Lipinski definition) is 2. The van der Waals surface area contributed by atoms with Crippen LogP contribution in [0.2, 0.25) is 0 Å². The molecular formula is C19H32N2O. The molecule has 4 rings (SSSR count). The first-order valence-electron chi connectivity index (χ1n) is 9.83. The molecule has 124 valence electrons. The predicted octanol–water partition coefficient (Wildman–Crippen LogP) is 3.48. The van der Waals surface area contributed by atoms with E-state index in [0.717, 1.165) is 18.9 Å². The predicted molar refractivity (Wildman–Crippen MR) is 88.6 cm³/mol. The van der Waals surface area contributed by atoms with E-state index in [-0.39, 0.29) is 0 Å². The largest absolute Gasteiger partial charge is 0.339 e. The van der Waals surface area contributed by atoms with Crippen molar-refractivity contribution in [3.63, 3.8) is 0 Å². The summed E-state index contributed by atoms with van der Waals surface area (Å²) in [7, 11) is 0. The van der Waals surface area contributed by atoms with E-state index in [4.69, 9.17) is 0 Å². The van der Waals surface area contributed by atoms with Gasteiger partial charge in [0.05, 0.1) is 0 Å². The monoisotopic (exact) mass is 304 g/mol. The van der Waals surface area contributed by atoms with Gasteiger partial charge in [-0.1, -0.05) is 19.3 Å². The highest BCUT2D eigenvalue weighted by Gasteiger charge is 2.37. The summed E-state index contributed by atoms with van der Waals surface area (Å²) in [5, 5.41) is 3.70. The van der Waals surface area contributed by atoms with E-state index in [1.54, 1.807) is 0 Å². The van der Waals surface area contributed by atoms with Gasteiger partial charge in [-0.15, -0.1) is 0 Å². The molecule has 3 heteroatoms. The summed E-state index contributed by atoms with van der Waals surface area (Å²) in [5.74, 6) is 1.97. The lowest BCUT2D eigenvalue weighted by Crippen LogP contribution is -2.45. The molecule has 2 bridgehead atoms. The van der Waals surface area contributed by atoms with Crippen LogP contribution in [0.15, 0.2) is 0 Å². The number of nitrogens with one attached hydrogen (secondary N) is 1. The van der Waals surface area contributed by atoms with Crippen LogP contribution in [0.3, 0.4) is 0 Å². The Bertz CT molecular complexity index is 388. The molecule has 22 heavy (non-hydrogen) atoms. The van der Waals surface area contributed by atoms with Crippen LogP contribution in [0, 0.1) is 11.8 Å². The van der Waals surface area contributed by atoms with E-state index in [9.17, 15) is 4.79 Å². The van der Waals surface area contributed by atoms with Gasteiger partial charge in [-0.3, -0.25) is 4.79 Å². The number of piperidine rings is 1. The molecule has 4 aliphatic rings. The molecule has 1 amide bonds. The highest BCUT2D eigenvalue weighted by molar-refractivity contribution is 5.77. The van der Waals surface area contributed by atoms with Crippen molar-refractivity contribution >= 4 is 5.91 Å². The molecule has 0 aromatic heterocycles. The Morgan fingerprint density at radius 2 is 1.55 bits per heavy atom. The number of fused-ring (bicyclic) bond motifs is 2. The molecule has 4 fully saturated rings. The van der Waals surface area contributed by atoms with Crippen molar-refractivity contribution in [3.8, 4) is 0 Å². The van der Waals surface area contributed by atoms with Crippen LogP contribution >= 0.6 is 0 Å². The quantitative estimate of drug-likeness (QED) is 0.843. The zero-order chi connectivity index (χ0) is 14.9. The van der Waals surface area contributed by atoms with Crippen molar-refractivity contribution in [2.24, 2.45) is 11.8 Å². The number of rotatable bonds is 5. The van der Waals surface area contributed by atoms with Gasteiger partial charge in [-0.05, 0) is 63.2 Å². The second kappa shape index (κ2) is 6.51. The Morgan fingerprint density at radius 3 is 2.18 bits per heavy atom. The van der Waals surface area contributed by atoms with Crippen molar-refractivity contribution in [3.05, 3.63) is 0 Å². The Morgan fingerprint density at radius 1 is 0.864 bits per heavy atom. The molecule has 3 nitrogen and oxygen atoms in total. The topological polar surface area (TPSA) is 32.3 Å². The Labute approximate surface area is 135 Å². The number of amides is 1. The molecule has 2 saturated heterocycles. The second-order valence-corrected chi connectivity index (χ2v) is 8.46. The first kappa shape index (κ1) is 15.0. The summed E-state index contributed by atoms with van der Waals surface area (Å²) >= 11 is 0. The van der Waals surface area contributed by atoms with Gasteiger partial charge in [0.25, 0.3) is 0 Å². The van der Waals surface area contributed by atoms with Crippen molar-refractivity contribution in [1.29, 1.82) is 0 Å². The third-order valence-electron chi connectivity index (χ3n) is 6.52. The van der Waals surface area contributed by atoms with E-state index < -0.39 is 0 Å². The fourth-order valence-electron chi connectivity index (χ4n) is 5.13. The molecule has 1 N–H and O–H groups in total. The highest BCUT2D eigenvalue weighted by atomic mass is 16.2. The third kappa shape index (κ3) is 3.50. The number of nitrogens with zero attached hydrogens (tertiary/aromatic N) is 1. The second-order valence-electron chi connectivity index (χ2n) is 8.46. The Balaban J connectivity index is 1.36. The molecule has 2 saturated carbocycles. The summed E-state index contributed by atoms with van der Waals surface area (Å²) in [5.41, 5.74) is 0. The normalized spacial score (nSPS) is 35.5. The van der Waals surface area contributed by atoms with Crippen LogP contribution in [0.1, 0.15) is 77.0 Å². The zero-order valence-corrected chi connectivity index (χ0v) is 13.9. The fraction of sp³-hybridized carbons (Fsp3) is 0.947. The van der Waals surface area contributed by atoms with E-state index in [1.165, 1.54) is 70.6 Å². The van der Waals surface area contributed by atoms with Crippen LogP contribution in [0.5, 0.6) is 0 Å². The Hall–Kier alpha value is -0.570. The van der Waals surface area contributed by atoms with Crippen LogP contribution in [0.25, 0.3) is 0 Å². The minimum atomic E-state index is 0.491. The SMILES string of the molecule is O=C(CC1CC2CCC(C1)N2)N(CC1CC1)C1CCCCC1. The van der Waals surface area contributed by atoms with Crippen molar-refractivity contribution in [2.45, 2.75) is 95.2 Å². The smallest absolute Gasteiger partial charge is 0.223 e. The van der Waals surface area contributed by atoms with E-state index in [2.05, 4.69) is 10.2 Å². The lowest BCUT2D eigenvalue weighted by Gasteiger charge is -2.36. The van der Waals surface area contributed by atoms with Gasteiger partial charge in [0.1, 0.15) is 0 Å². The third-order valence-corrected chi connectivity index (χ3v) is 6.52. The molecule has 2 aliphatic carbocycles. The summed E-state index contributed by atoms with van der Waals surface area (Å²) in [6.45, 7) is 1.07. The molecule has 2 unspecified atom stereocenters. The maximum atomic E-state index is 13.0. The van der Waals surface area contributed by atoms with Crippen molar-refractivity contribution in [2.75, 3.05) is 6.54 Å². The van der Waals surface area contributed by atoms with Gasteiger partial charge in [0.15, 0.2) is 0 Å². The van der Waals surface area contributed by atoms with Gasteiger partial charge in [-0.2, -0.15) is 0 Å². The van der Waals surface area contributed by atoms with E-state index in [1.807, 2.05) is 0 Å². The molecule has 0 radical (unpaired) electrons. The minimum Gasteiger partial charge on any atom is -0.339 e. The minimum absolute atomic E-state index is 0.491. The molecule has 0 spiro atoms. The average molecular weight is 304 g/mol.